The lowest BCUT2D eigenvalue weighted by Gasteiger charge is -2.25. The predicted octanol–water partition coefficient (Wildman–Crippen LogP) is 5.74. The van der Waals surface area contributed by atoms with Crippen molar-refractivity contribution in [1.29, 1.82) is 0 Å². The summed E-state index contributed by atoms with van der Waals surface area (Å²) in [6, 6.07) is 18.3. The molecule has 186 valence electrons. The van der Waals surface area contributed by atoms with Crippen molar-refractivity contribution >= 4 is 34.0 Å². The molecule has 4 aromatic rings. The van der Waals surface area contributed by atoms with E-state index in [1.54, 1.807) is 6.07 Å². The summed E-state index contributed by atoms with van der Waals surface area (Å²) in [6.45, 7) is 5.99. The number of aliphatic hydroxyl groups is 1. The van der Waals surface area contributed by atoms with Crippen molar-refractivity contribution in [2.24, 2.45) is 7.05 Å². The highest BCUT2D eigenvalue weighted by Crippen LogP contribution is 2.45. The van der Waals surface area contributed by atoms with E-state index >= 15 is 0 Å². The number of amides is 1. The van der Waals surface area contributed by atoms with Crippen LogP contribution in [-0.4, -0.2) is 27.5 Å². The van der Waals surface area contributed by atoms with E-state index in [9.17, 15) is 14.7 Å². The molecule has 2 aliphatic rings. The molecule has 1 fully saturated rings. The Morgan fingerprint density at radius 1 is 1.00 bits per heavy atom. The maximum atomic E-state index is 13.6. The number of rotatable bonds is 3. The largest absolute Gasteiger partial charge is 0.507 e. The zero-order valence-corrected chi connectivity index (χ0v) is 21.3. The van der Waals surface area contributed by atoms with Gasteiger partial charge in [0.05, 0.1) is 11.6 Å². The van der Waals surface area contributed by atoms with Gasteiger partial charge < -0.3 is 14.4 Å². The van der Waals surface area contributed by atoms with Crippen LogP contribution in [0.15, 0.2) is 72.4 Å². The van der Waals surface area contributed by atoms with Crippen LogP contribution in [-0.2, 0) is 23.1 Å². The number of Topliss-reactive ketones (excluding diaryl/α,β-unsaturated/α-hetero) is 1. The van der Waals surface area contributed by atoms with E-state index in [1.165, 1.54) is 4.90 Å². The quantitative estimate of drug-likeness (QED) is 0.225. The maximum Gasteiger partial charge on any atom is 0.300 e. The van der Waals surface area contributed by atoms with E-state index in [0.29, 0.717) is 11.3 Å². The summed E-state index contributed by atoms with van der Waals surface area (Å²) in [5.74, 6) is -0.741. The molecule has 0 spiro atoms. The lowest BCUT2D eigenvalue weighted by Crippen LogP contribution is -2.29. The third-order valence-corrected chi connectivity index (χ3v) is 7.60. The minimum atomic E-state index is -0.781. The second kappa shape index (κ2) is 8.37. The average molecular weight is 493 g/mol. The maximum absolute atomic E-state index is 13.6. The summed E-state index contributed by atoms with van der Waals surface area (Å²) in [7, 11) is 1.94. The molecular weight excluding hydrogens is 464 g/mol. The molecule has 1 saturated heterocycles. The fourth-order valence-electron chi connectivity index (χ4n) is 5.58. The molecule has 0 aliphatic carbocycles. The molecule has 6 nitrogen and oxygen atoms in total. The highest BCUT2D eigenvalue weighted by Gasteiger charge is 2.48. The Hall–Kier alpha value is -4.32. The minimum Gasteiger partial charge on any atom is -0.507 e. The van der Waals surface area contributed by atoms with E-state index in [4.69, 9.17) is 4.74 Å². The molecule has 1 amide bonds. The number of benzene rings is 3. The topological polar surface area (TPSA) is 71.8 Å². The number of ketones is 1. The molecule has 2 unspecified atom stereocenters. The van der Waals surface area contributed by atoms with Gasteiger partial charge in [-0.05, 0) is 73.9 Å². The number of hydrogen-bond donors (Lipinski definition) is 1. The number of aromatic nitrogens is 1. The van der Waals surface area contributed by atoms with Crippen molar-refractivity contribution < 1.29 is 19.4 Å². The first-order valence-electron chi connectivity index (χ1n) is 12.5. The first kappa shape index (κ1) is 23.1. The monoisotopic (exact) mass is 492 g/mol. The molecular formula is C31H28N2O4. The van der Waals surface area contributed by atoms with Crippen LogP contribution in [0.5, 0.6) is 5.75 Å². The van der Waals surface area contributed by atoms with Crippen LogP contribution in [0.1, 0.15) is 40.8 Å². The second-order valence-electron chi connectivity index (χ2n) is 10.1. The van der Waals surface area contributed by atoms with E-state index in [2.05, 4.69) is 0 Å². The number of para-hydroxylation sites is 1. The highest BCUT2D eigenvalue weighted by atomic mass is 16.5. The zero-order chi connectivity index (χ0) is 26.0. The van der Waals surface area contributed by atoms with Crippen molar-refractivity contribution in [3.05, 3.63) is 100 Å². The number of anilines is 1. The van der Waals surface area contributed by atoms with Gasteiger partial charge in [0.1, 0.15) is 17.6 Å². The third kappa shape index (κ3) is 3.55. The summed E-state index contributed by atoms with van der Waals surface area (Å²) in [6.07, 6.45) is 2.72. The molecule has 37 heavy (non-hydrogen) atoms. The standard InChI is InChI=1S/C31H28N2O4/c1-17-9-11-22(13-18(17)2)33-28(24-16-32(4)25-8-6-5-7-23(24)25)27(30(35)31(33)36)29(34)20-10-12-26-21(15-20)14-19(3)37-26/h5-13,15-16,19,28,34H,14H2,1-4H3/b29-27+. The molecule has 3 heterocycles. The summed E-state index contributed by atoms with van der Waals surface area (Å²) < 4.78 is 7.80. The van der Waals surface area contributed by atoms with Gasteiger partial charge in [0.2, 0.25) is 0 Å². The lowest BCUT2D eigenvalue weighted by atomic mass is 9.94. The van der Waals surface area contributed by atoms with Crippen LogP contribution in [0.3, 0.4) is 0 Å². The smallest absolute Gasteiger partial charge is 0.300 e. The normalized spacial score (nSPS) is 20.5. The molecule has 2 atom stereocenters. The second-order valence-corrected chi connectivity index (χ2v) is 10.1. The Morgan fingerprint density at radius 2 is 1.78 bits per heavy atom. The van der Waals surface area contributed by atoms with Crippen LogP contribution in [0.4, 0.5) is 5.69 Å². The predicted molar refractivity (Wildman–Crippen MR) is 144 cm³/mol. The number of aryl methyl sites for hydroxylation is 3. The van der Waals surface area contributed by atoms with Crippen LogP contribution >= 0.6 is 0 Å². The Morgan fingerprint density at radius 3 is 2.57 bits per heavy atom. The number of ether oxygens (including phenoxy) is 1. The highest BCUT2D eigenvalue weighted by molar-refractivity contribution is 6.52. The Balaban J connectivity index is 1.60. The summed E-state index contributed by atoms with van der Waals surface area (Å²) in [4.78, 5) is 28.8. The molecule has 0 radical (unpaired) electrons. The lowest BCUT2D eigenvalue weighted by molar-refractivity contribution is -0.132. The first-order valence-corrected chi connectivity index (χ1v) is 12.5. The fourth-order valence-corrected chi connectivity index (χ4v) is 5.58. The molecule has 1 N–H and O–H groups in total. The molecule has 3 aromatic carbocycles. The van der Waals surface area contributed by atoms with Gasteiger partial charge in [0.15, 0.2) is 0 Å². The first-order chi connectivity index (χ1) is 17.7. The molecule has 0 bridgehead atoms. The van der Waals surface area contributed by atoms with Crippen molar-refractivity contribution in [3.63, 3.8) is 0 Å². The molecule has 1 aromatic heterocycles. The van der Waals surface area contributed by atoms with E-state index in [-0.39, 0.29) is 17.4 Å². The van der Waals surface area contributed by atoms with Crippen LogP contribution in [0.25, 0.3) is 16.7 Å². The van der Waals surface area contributed by atoms with Crippen molar-refractivity contribution in [3.8, 4) is 5.75 Å². The Kier molecular flexibility index (Phi) is 5.23. The van der Waals surface area contributed by atoms with Gasteiger partial charge in [-0.2, -0.15) is 0 Å². The number of fused-ring (bicyclic) bond motifs is 2. The SMILES string of the molecule is Cc1ccc(N2C(=O)C(=O)/C(=C(/O)c3ccc4c(c3)CC(C)O4)C2c2cn(C)c3ccccc23)cc1C. The minimum absolute atomic E-state index is 0.0541. The summed E-state index contributed by atoms with van der Waals surface area (Å²) in [5, 5.41) is 12.5. The summed E-state index contributed by atoms with van der Waals surface area (Å²) in [5.41, 5.74) is 6.06. The van der Waals surface area contributed by atoms with Crippen molar-refractivity contribution in [2.45, 2.75) is 39.3 Å². The molecule has 0 saturated carbocycles. The van der Waals surface area contributed by atoms with Crippen molar-refractivity contribution in [2.75, 3.05) is 4.90 Å². The van der Waals surface area contributed by atoms with Crippen LogP contribution in [0, 0.1) is 13.8 Å². The third-order valence-electron chi connectivity index (χ3n) is 7.60. The number of hydrogen-bond acceptors (Lipinski definition) is 4. The number of carbonyl (C=O) groups is 2. The van der Waals surface area contributed by atoms with Gasteiger partial charge >= 0.3 is 0 Å². The average Bonchev–Trinajstić information content (AvgIpc) is 3.51. The van der Waals surface area contributed by atoms with E-state index in [0.717, 1.165) is 45.3 Å². The molecule has 6 heteroatoms. The van der Waals surface area contributed by atoms with Gasteiger partial charge in [0, 0.05) is 47.4 Å². The van der Waals surface area contributed by atoms with Crippen LogP contribution < -0.4 is 9.64 Å². The zero-order valence-electron chi connectivity index (χ0n) is 21.3. The van der Waals surface area contributed by atoms with Gasteiger partial charge in [-0.25, -0.2) is 0 Å². The Labute approximate surface area is 215 Å². The number of carbonyl (C=O) groups excluding carboxylic acids is 2. The van der Waals surface area contributed by atoms with Gasteiger partial charge in [0.25, 0.3) is 11.7 Å². The summed E-state index contributed by atoms with van der Waals surface area (Å²) >= 11 is 0. The van der Waals surface area contributed by atoms with Crippen molar-refractivity contribution in [1.82, 2.24) is 4.57 Å². The number of nitrogens with zero attached hydrogens (tertiary/aromatic N) is 2. The number of aliphatic hydroxyl groups excluding tert-OH is 1. The van der Waals surface area contributed by atoms with Crippen LogP contribution in [0.2, 0.25) is 0 Å². The van der Waals surface area contributed by atoms with E-state index < -0.39 is 17.7 Å². The van der Waals surface area contributed by atoms with Gasteiger partial charge in [-0.3, -0.25) is 14.5 Å². The van der Waals surface area contributed by atoms with Gasteiger partial charge in [-0.15, -0.1) is 0 Å². The molecule has 6 rings (SSSR count). The Bertz CT molecular complexity index is 1640. The molecule has 2 aliphatic heterocycles. The fraction of sp³-hybridized carbons (Fsp3) is 0.226. The van der Waals surface area contributed by atoms with Gasteiger partial charge in [-0.1, -0.05) is 24.3 Å². The van der Waals surface area contributed by atoms with E-state index in [1.807, 2.05) is 93.2 Å².